The number of halogens is 1. The van der Waals surface area contributed by atoms with E-state index in [0.717, 1.165) is 23.4 Å². The van der Waals surface area contributed by atoms with E-state index >= 15 is 0 Å². The van der Waals surface area contributed by atoms with E-state index in [1.807, 2.05) is 13.2 Å². The molecule has 1 aliphatic rings. The zero-order valence-electron chi connectivity index (χ0n) is 8.17. The summed E-state index contributed by atoms with van der Waals surface area (Å²) in [6, 6.07) is 0. The smallest absolute Gasteiger partial charge is 0.138 e. The van der Waals surface area contributed by atoms with Gasteiger partial charge in [0.25, 0.3) is 0 Å². The molecular weight excluding hydrogens is 218 g/mol. The second-order valence-corrected chi connectivity index (χ2v) is 4.76. The first-order valence-corrected chi connectivity index (χ1v) is 6.04. The highest BCUT2D eigenvalue weighted by atomic mass is 35.5. The molecule has 14 heavy (non-hydrogen) atoms. The summed E-state index contributed by atoms with van der Waals surface area (Å²) in [6.45, 7) is 1.84. The van der Waals surface area contributed by atoms with Gasteiger partial charge in [-0.05, 0) is 26.0 Å². The number of hydrogen-bond acceptors (Lipinski definition) is 4. The lowest BCUT2D eigenvalue weighted by atomic mass is 10.1. The topological polar surface area (TPSA) is 51.8 Å². The molecule has 3 nitrogen and oxygen atoms in total. The van der Waals surface area contributed by atoms with Crippen molar-refractivity contribution in [2.45, 2.75) is 30.3 Å². The lowest BCUT2D eigenvalue weighted by Crippen LogP contribution is -2.21. The van der Waals surface area contributed by atoms with Gasteiger partial charge in [-0.2, -0.15) is 0 Å². The zero-order chi connectivity index (χ0) is 10.3. The minimum absolute atomic E-state index is 0.261. The first-order chi connectivity index (χ1) is 6.57. The Bertz CT molecular complexity index is 377. The van der Waals surface area contributed by atoms with E-state index in [2.05, 4.69) is 9.97 Å². The van der Waals surface area contributed by atoms with Crippen LogP contribution in [-0.4, -0.2) is 16.2 Å². The summed E-state index contributed by atoms with van der Waals surface area (Å²) in [5, 5.41) is 1.43. The van der Waals surface area contributed by atoms with Gasteiger partial charge in [0.15, 0.2) is 0 Å². The predicted molar refractivity (Wildman–Crippen MR) is 58.7 cm³/mol. The van der Waals surface area contributed by atoms with Gasteiger partial charge in [0.2, 0.25) is 0 Å². The summed E-state index contributed by atoms with van der Waals surface area (Å²) in [7, 11) is 0. The van der Waals surface area contributed by atoms with Crippen molar-refractivity contribution in [3.05, 3.63) is 16.5 Å². The summed E-state index contributed by atoms with van der Waals surface area (Å²) in [5.41, 5.74) is 6.78. The molecule has 0 aliphatic heterocycles. The largest absolute Gasteiger partial charge is 0.321 e. The van der Waals surface area contributed by atoms with Crippen LogP contribution in [0.25, 0.3) is 0 Å². The molecule has 1 aromatic rings. The Balaban J connectivity index is 2.56. The molecule has 1 aromatic heterocycles. The monoisotopic (exact) mass is 229 g/mol. The van der Waals surface area contributed by atoms with E-state index in [-0.39, 0.29) is 5.54 Å². The number of nitrogens with zero attached hydrogens (tertiary/aromatic N) is 2. The summed E-state index contributed by atoms with van der Waals surface area (Å²) in [5.74, 6) is 0.701. The third-order valence-corrected chi connectivity index (χ3v) is 3.38. The van der Waals surface area contributed by atoms with Crippen LogP contribution >= 0.6 is 23.4 Å². The molecule has 76 valence electrons. The van der Waals surface area contributed by atoms with E-state index in [4.69, 9.17) is 17.3 Å². The average Bonchev–Trinajstić information content (AvgIpc) is 2.82. The van der Waals surface area contributed by atoms with Crippen molar-refractivity contribution in [1.82, 2.24) is 9.97 Å². The molecule has 1 aliphatic carbocycles. The molecule has 2 rings (SSSR count). The number of thioether (sulfide) groups is 1. The maximum Gasteiger partial charge on any atom is 0.138 e. The molecule has 0 amide bonds. The number of aryl methyl sites for hydroxylation is 1. The van der Waals surface area contributed by atoms with Crippen molar-refractivity contribution < 1.29 is 0 Å². The molecule has 1 heterocycles. The SMILES string of the molecule is CSc1nc(C)nc(Cl)c1C1(N)CC1. The van der Waals surface area contributed by atoms with Crippen molar-refractivity contribution in [2.24, 2.45) is 5.73 Å². The van der Waals surface area contributed by atoms with Crippen LogP contribution < -0.4 is 5.73 Å². The first-order valence-electron chi connectivity index (χ1n) is 4.44. The minimum Gasteiger partial charge on any atom is -0.321 e. The Labute approximate surface area is 92.5 Å². The molecule has 1 fully saturated rings. The van der Waals surface area contributed by atoms with E-state index in [9.17, 15) is 0 Å². The summed E-state index contributed by atoms with van der Waals surface area (Å²) >= 11 is 7.67. The summed E-state index contributed by atoms with van der Waals surface area (Å²) in [4.78, 5) is 8.50. The minimum atomic E-state index is -0.261. The van der Waals surface area contributed by atoms with Gasteiger partial charge in [-0.1, -0.05) is 11.6 Å². The van der Waals surface area contributed by atoms with Crippen LogP contribution in [0.15, 0.2) is 5.03 Å². The molecule has 0 saturated heterocycles. The van der Waals surface area contributed by atoms with Crippen molar-refractivity contribution in [1.29, 1.82) is 0 Å². The second kappa shape index (κ2) is 3.36. The highest BCUT2D eigenvalue weighted by Gasteiger charge is 2.44. The van der Waals surface area contributed by atoms with Crippen LogP contribution in [0.5, 0.6) is 0 Å². The Hall–Kier alpha value is -0.320. The highest BCUT2D eigenvalue weighted by Crippen LogP contribution is 2.47. The van der Waals surface area contributed by atoms with Crippen LogP contribution in [0.4, 0.5) is 0 Å². The summed E-state index contributed by atoms with van der Waals surface area (Å²) < 4.78 is 0. The molecule has 0 atom stereocenters. The molecule has 2 N–H and O–H groups in total. The Morgan fingerprint density at radius 1 is 1.43 bits per heavy atom. The van der Waals surface area contributed by atoms with E-state index in [1.54, 1.807) is 11.8 Å². The molecule has 5 heteroatoms. The first kappa shape index (κ1) is 10.2. The number of nitrogens with two attached hydrogens (primary N) is 1. The molecule has 0 unspecified atom stereocenters. The Morgan fingerprint density at radius 3 is 2.57 bits per heavy atom. The van der Waals surface area contributed by atoms with Gasteiger partial charge in [-0.3, -0.25) is 0 Å². The van der Waals surface area contributed by atoms with Crippen LogP contribution in [0.2, 0.25) is 5.15 Å². The standard InChI is InChI=1S/C9H12ClN3S/c1-5-12-7(10)6(8(13-5)14-2)9(11)3-4-9/h3-4,11H2,1-2H3. The normalized spacial score (nSPS) is 18.3. The molecule has 0 spiro atoms. The lowest BCUT2D eigenvalue weighted by Gasteiger charge is -2.14. The van der Waals surface area contributed by atoms with Gasteiger partial charge in [-0.15, -0.1) is 11.8 Å². The Kier molecular flexibility index (Phi) is 2.45. The van der Waals surface area contributed by atoms with E-state index < -0.39 is 0 Å². The van der Waals surface area contributed by atoms with E-state index in [1.165, 1.54) is 0 Å². The summed E-state index contributed by atoms with van der Waals surface area (Å²) in [6.07, 6.45) is 3.94. The maximum absolute atomic E-state index is 6.12. The maximum atomic E-state index is 6.12. The quantitative estimate of drug-likeness (QED) is 0.624. The fourth-order valence-corrected chi connectivity index (χ4v) is 2.65. The molecule has 0 aromatic carbocycles. The fraction of sp³-hybridized carbons (Fsp3) is 0.556. The van der Waals surface area contributed by atoms with Crippen LogP contribution in [0, 0.1) is 6.92 Å². The van der Waals surface area contributed by atoms with Crippen molar-refractivity contribution in [3.8, 4) is 0 Å². The molecule has 1 saturated carbocycles. The second-order valence-electron chi connectivity index (χ2n) is 3.60. The molecule has 0 bridgehead atoms. The van der Waals surface area contributed by atoms with Gasteiger partial charge in [0.1, 0.15) is 16.0 Å². The third kappa shape index (κ3) is 1.62. The highest BCUT2D eigenvalue weighted by molar-refractivity contribution is 7.98. The third-order valence-electron chi connectivity index (χ3n) is 2.42. The number of hydrogen-bond donors (Lipinski definition) is 1. The average molecular weight is 230 g/mol. The number of rotatable bonds is 2. The van der Waals surface area contributed by atoms with Crippen LogP contribution in [0.3, 0.4) is 0 Å². The fourth-order valence-electron chi connectivity index (χ4n) is 1.46. The van der Waals surface area contributed by atoms with E-state index in [0.29, 0.717) is 11.0 Å². The van der Waals surface area contributed by atoms with Gasteiger partial charge in [0.05, 0.1) is 0 Å². The molecule has 0 radical (unpaired) electrons. The van der Waals surface area contributed by atoms with Gasteiger partial charge >= 0.3 is 0 Å². The van der Waals surface area contributed by atoms with Gasteiger partial charge in [0, 0.05) is 11.1 Å². The van der Waals surface area contributed by atoms with Crippen LogP contribution in [-0.2, 0) is 5.54 Å². The van der Waals surface area contributed by atoms with Gasteiger partial charge < -0.3 is 5.73 Å². The Morgan fingerprint density at radius 2 is 2.07 bits per heavy atom. The van der Waals surface area contributed by atoms with Crippen molar-refractivity contribution in [3.63, 3.8) is 0 Å². The van der Waals surface area contributed by atoms with Crippen molar-refractivity contribution >= 4 is 23.4 Å². The lowest BCUT2D eigenvalue weighted by molar-refractivity contribution is 0.695. The van der Waals surface area contributed by atoms with Crippen LogP contribution in [0.1, 0.15) is 24.2 Å². The van der Waals surface area contributed by atoms with Gasteiger partial charge in [-0.25, -0.2) is 9.97 Å². The van der Waals surface area contributed by atoms with Crippen molar-refractivity contribution in [2.75, 3.05) is 6.26 Å². The molecular formula is C9H12ClN3S. The predicted octanol–water partition coefficient (Wildman–Crippen LogP) is 2.11. The number of aromatic nitrogens is 2. The zero-order valence-corrected chi connectivity index (χ0v) is 9.74.